The lowest BCUT2D eigenvalue weighted by atomic mass is 10.1. The molecule has 1 aromatic rings. The topological polar surface area (TPSA) is 71.1 Å². The Kier molecular flexibility index (Phi) is 14.7. The summed E-state index contributed by atoms with van der Waals surface area (Å²) in [5, 5.41) is 0. The van der Waals surface area contributed by atoms with E-state index in [1.54, 1.807) is 26.4 Å². The highest BCUT2D eigenvalue weighted by molar-refractivity contribution is 5.87. The first kappa shape index (κ1) is 27.5. The minimum absolute atomic E-state index is 0.0426. The summed E-state index contributed by atoms with van der Waals surface area (Å²) in [6.07, 6.45) is 13.1. The van der Waals surface area contributed by atoms with Gasteiger partial charge in [-0.05, 0) is 36.6 Å². The number of hydrogen-bond acceptors (Lipinski definition) is 6. The van der Waals surface area contributed by atoms with Gasteiger partial charge in [0.2, 0.25) is 0 Å². The molecule has 32 heavy (non-hydrogen) atoms. The van der Waals surface area contributed by atoms with Crippen molar-refractivity contribution in [3.8, 4) is 11.5 Å². The van der Waals surface area contributed by atoms with E-state index in [2.05, 4.69) is 0 Å². The van der Waals surface area contributed by atoms with Gasteiger partial charge in [-0.2, -0.15) is 0 Å². The van der Waals surface area contributed by atoms with Gasteiger partial charge in [-0.25, -0.2) is 4.79 Å². The van der Waals surface area contributed by atoms with Gasteiger partial charge in [0.1, 0.15) is 0 Å². The lowest BCUT2D eigenvalue weighted by Crippen LogP contribution is -2.12. The number of unbranched alkanes of at least 4 members (excludes halogenated alkanes) is 8. The molecule has 6 nitrogen and oxygen atoms in total. The van der Waals surface area contributed by atoms with E-state index in [0.29, 0.717) is 24.7 Å². The molecule has 0 aromatic heterocycles. The Bertz CT molecular complexity index is 696. The van der Waals surface area contributed by atoms with Gasteiger partial charge in [0.15, 0.2) is 11.5 Å². The number of carbonyl (C=O) groups is 2. The fourth-order valence-corrected chi connectivity index (χ4v) is 3.12. The molecular formula is C26H40O6. The van der Waals surface area contributed by atoms with Gasteiger partial charge in [0.05, 0.1) is 33.4 Å². The average Bonchev–Trinajstić information content (AvgIpc) is 2.80. The van der Waals surface area contributed by atoms with Crippen molar-refractivity contribution in [1.29, 1.82) is 0 Å². The predicted octanol–water partition coefficient (Wildman–Crippen LogP) is 5.97. The lowest BCUT2D eigenvalue weighted by Gasteiger charge is -2.07. The number of carbonyl (C=O) groups excluding carboxylic acids is 2. The average molecular weight is 449 g/mol. The van der Waals surface area contributed by atoms with Crippen LogP contribution in [0.5, 0.6) is 11.5 Å². The van der Waals surface area contributed by atoms with Crippen LogP contribution < -0.4 is 9.47 Å². The molecule has 0 atom stereocenters. The van der Waals surface area contributed by atoms with Crippen LogP contribution in [0.4, 0.5) is 0 Å². The molecule has 0 heterocycles. The molecule has 180 valence electrons. The maximum atomic E-state index is 11.9. The fourth-order valence-electron chi connectivity index (χ4n) is 3.12. The highest BCUT2D eigenvalue weighted by atomic mass is 16.5. The maximum absolute atomic E-state index is 11.9. The van der Waals surface area contributed by atoms with E-state index in [-0.39, 0.29) is 17.9 Å². The zero-order chi connectivity index (χ0) is 23.6. The standard InChI is InChI=1S/C26H40O6/c1-21(2)26(28)32-19-13-11-9-7-5-6-8-10-12-18-31-25(27)17-15-22-14-16-23(29-3)24(20-22)30-4/h14-17,20-21H,5-13,18-19H2,1-4H3/b17-15+. The summed E-state index contributed by atoms with van der Waals surface area (Å²) in [6, 6.07) is 5.46. The summed E-state index contributed by atoms with van der Waals surface area (Å²) in [5.74, 6) is 0.786. The zero-order valence-electron chi connectivity index (χ0n) is 20.2. The van der Waals surface area contributed by atoms with Gasteiger partial charge < -0.3 is 18.9 Å². The number of hydrogen-bond donors (Lipinski definition) is 0. The molecule has 0 aliphatic heterocycles. The Morgan fingerprint density at radius 3 is 1.84 bits per heavy atom. The van der Waals surface area contributed by atoms with Crippen molar-refractivity contribution in [2.75, 3.05) is 27.4 Å². The minimum atomic E-state index is -0.334. The zero-order valence-corrected chi connectivity index (χ0v) is 20.2. The summed E-state index contributed by atoms with van der Waals surface area (Å²) in [6.45, 7) is 4.69. The number of methoxy groups -OCH3 is 2. The van der Waals surface area contributed by atoms with Crippen LogP contribution in [0, 0.1) is 5.92 Å². The van der Waals surface area contributed by atoms with Crippen LogP contribution >= 0.6 is 0 Å². The number of rotatable bonds is 17. The first-order valence-corrected chi connectivity index (χ1v) is 11.7. The van der Waals surface area contributed by atoms with E-state index < -0.39 is 0 Å². The van der Waals surface area contributed by atoms with Crippen LogP contribution in [0.15, 0.2) is 24.3 Å². The van der Waals surface area contributed by atoms with E-state index in [9.17, 15) is 9.59 Å². The molecule has 0 spiro atoms. The third-order valence-electron chi connectivity index (χ3n) is 5.07. The molecular weight excluding hydrogens is 408 g/mol. The van der Waals surface area contributed by atoms with Gasteiger partial charge in [-0.15, -0.1) is 0 Å². The van der Waals surface area contributed by atoms with Gasteiger partial charge in [0, 0.05) is 6.08 Å². The fraction of sp³-hybridized carbons (Fsp3) is 0.615. The number of benzene rings is 1. The summed E-state index contributed by atoms with van der Waals surface area (Å²) in [7, 11) is 3.16. The third kappa shape index (κ3) is 12.4. The molecule has 0 fully saturated rings. The molecule has 0 radical (unpaired) electrons. The van der Waals surface area contributed by atoms with Gasteiger partial charge >= 0.3 is 11.9 Å². The van der Waals surface area contributed by atoms with Crippen molar-refractivity contribution in [3.05, 3.63) is 29.8 Å². The molecule has 0 aliphatic carbocycles. The molecule has 1 aromatic carbocycles. The summed E-state index contributed by atoms with van der Waals surface area (Å²) in [4.78, 5) is 23.2. The van der Waals surface area contributed by atoms with Crippen LogP contribution in [0.25, 0.3) is 6.08 Å². The molecule has 0 N–H and O–H groups in total. The smallest absolute Gasteiger partial charge is 0.330 e. The summed E-state index contributed by atoms with van der Waals surface area (Å²) >= 11 is 0. The molecule has 0 saturated heterocycles. The Hall–Kier alpha value is -2.50. The van der Waals surface area contributed by atoms with Crippen molar-refractivity contribution >= 4 is 18.0 Å². The van der Waals surface area contributed by atoms with Crippen molar-refractivity contribution < 1.29 is 28.5 Å². The molecule has 0 saturated carbocycles. The largest absolute Gasteiger partial charge is 0.493 e. The SMILES string of the molecule is COc1ccc(/C=C/C(=O)OCCCCCCCCCCCOC(=O)C(C)C)cc1OC. The molecule has 0 bridgehead atoms. The number of ether oxygens (including phenoxy) is 4. The van der Waals surface area contributed by atoms with Crippen molar-refractivity contribution in [2.24, 2.45) is 5.92 Å². The first-order chi connectivity index (χ1) is 15.5. The van der Waals surface area contributed by atoms with Crippen molar-refractivity contribution in [2.45, 2.75) is 71.6 Å². The Morgan fingerprint density at radius 2 is 1.31 bits per heavy atom. The van der Waals surface area contributed by atoms with E-state index in [1.807, 2.05) is 26.0 Å². The first-order valence-electron chi connectivity index (χ1n) is 11.7. The van der Waals surface area contributed by atoms with Crippen LogP contribution in [-0.2, 0) is 19.1 Å². The molecule has 0 unspecified atom stereocenters. The van der Waals surface area contributed by atoms with E-state index in [1.165, 1.54) is 31.8 Å². The summed E-state index contributed by atoms with van der Waals surface area (Å²) < 4.78 is 20.9. The van der Waals surface area contributed by atoms with Gasteiger partial charge in [-0.1, -0.05) is 64.9 Å². The van der Waals surface area contributed by atoms with Crippen LogP contribution in [-0.4, -0.2) is 39.4 Å². The predicted molar refractivity (Wildman–Crippen MR) is 127 cm³/mol. The normalized spacial score (nSPS) is 11.0. The maximum Gasteiger partial charge on any atom is 0.330 e. The Morgan fingerprint density at radius 1 is 0.781 bits per heavy atom. The Balaban J connectivity index is 1.99. The molecule has 0 aliphatic rings. The van der Waals surface area contributed by atoms with Crippen LogP contribution in [0.2, 0.25) is 0 Å². The van der Waals surface area contributed by atoms with Crippen molar-refractivity contribution in [3.63, 3.8) is 0 Å². The highest BCUT2D eigenvalue weighted by Gasteiger charge is 2.07. The lowest BCUT2D eigenvalue weighted by molar-refractivity contribution is -0.147. The minimum Gasteiger partial charge on any atom is -0.493 e. The third-order valence-corrected chi connectivity index (χ3v) is 5.07. The van der Waals surface area contributed by atoms with E-state index in [0.717, 1.165) is 37.7 Å². The second kappa shape index (κ2) is 17.1. The Labute approximate surface area is 193 Å². The van der Waals surface area contributed by atoms with Crippen LogP contribution in [0.3, 0.4) is 0 Å². The summed E-state index contributed by atoms with van der Waals surface area (Å²) in [5.41, 5.74) is 0.844. The number of esters is 2. The second-order valence-corrected chi connectivity index (χ2v) is 8.12. The monoisotopic (exact) mass is 448 g/mol. The second-order valence-electron chi connectivity index (χ2n) is 8.12. The highest BCUT2D eigenvalue weighted by Crippen LogP contribution is 2.27. The molecule has 0 amide bonds. The molecule has 6 heteroatoms. The quantitative estimate of drug-likeness (QED) is 0.166. The van der Waals surface area contributed by atoms with Crippen molar-refractivity contribution in [1.82, 2.24) is 0 Å². The van der Waals surface area contributed by atoms with E-state index in [4.69, 9.17) is 18.9 Å². The van der Waals surface area contributed by atoms with Crippen LogP contribution in [0.1, 0.15) is 77.2 Å². The van der Waals surface area contributed by atoms with E-state index >= 15 is 0 Å². The van der Waals surface area contributed by atoms with Gasteiger partial charge in [-0.3, -0.25) is 4.79 Å². The van der Waals surface area contributed by atoms with Gasteiger partial charge in [0.25, 0.3) is 0 Å². The molecule has 1 rings (SSSR count).